The second-order valence-corrected chi connectivity index (χ2v) is 8.01. The van der Waals surface area contributed by atoms with Gasteiger partial charge in [-0.2, -0.15) is 10.5 Å². The van der Waals surface area contributed by atoms with Gasteiger partial charge >= 0.3 is 8.25 Å². The van der Waals surface area contributed by atoms with Crippen molar-refractivity contribution in [3.8, 4) is 12.1 Å². The van der Waals surface area contributed by atoms with Crippen LogP contribution in [0.25, 0.3) is 21.5 Å². The van der Waals surface area contributed by atoms with Gasteiger partial charge in [-0.25, -0.2) is 9.97 Å². The van der Waals surface area contributed by atoms with E-state index in [2.05, 4.69) is 22.1 Å². The Hall–Kier alpha value is -3.74. The van der Waals surface area contributed by atoms with Crippen molar-refractivity contribution in [2.24, 2.45) is 0 Å². The number of pyridine rings is 2. The Morgan fingerprint density at radius 2 is 1.22 bits per heavy atom. The second kappa shape index (κ2) is 10.0. The molecular formula is C24H18N4O3P+. The van der Waals surface area contributed by atoms with E-state index in [0.717, 1.165) is 32.7 Å². The van der Waals surface area contributed by atoms with Gasteiger partial charge in [-0.05, 0) is 46.2 Å². The van der Waals surface area contributed by atoms with Crippen molar-refractivity contribution in [3.05, 3.63) is 83.4 Å². The Kier molecular flexibility index (Phi) is 6.75. The number of aromatic nitrogens is 2. The monoisotopic (exact) mass is 441 g/mol. The molecular weight excluding hydrogens is 423 g/mol. The fourth-order valence-corrected chi connectivity index (χ4v) is 3.99. The van der Waals surface area contributed by atoms with Crippen molar-refractivity contribution in [2.45, 2.75) is 12.8 Å². The maximum absolute atomic E-state index is 12.0. The van der Waals surface area contributed by atoms with Crippen LogP contribution in [0.15, 0.2) is 60.9 Å². The molecule has 0 aliphatic carbocycles. The molecule has 2 aromatic carbocycles. The van der Waals surface area contributed by atoms with Gasteiger partial charge in [-0.3, -0.25) is 0 Å². The Labute approximate surface area is 185 Å². The number of benzene rings is 2. The van der Waals surface area contributed by atoms with Crippen LogP contribution in [0.1, 0.15) is 22.5 Å². The largest absolute Gasteiger partial charge is 0.697 e. The SMILES string of the molecule is N#Cc1nccc2ccc(CCO[P+](=O)OCCc3ccc4ccnc(C#N)c4c3)cc12. The minimum absolute atomic E-state index is 0.232. The Bertz CT molecular complexity index is 1290. The Balaban J connectivity index is 1.27. The van der Waals surface area contributed by atoms with E-state index in [1.165, 1.54) is 0 Å². The Morgan fingerprint density at radius 1 is 0.750 bits per heavy atom. The van der Waals surface area contributed by atoms with E-state index in [9.17, 15) is 15.1 Å². The van der Waals surface area contributed by atoms with Crippen LogP contribution in [-0.4, -0.2) is 23.2 Å². The van der Waals surface area contributed by atoms with Crippen molar-refractivity contribution in [3.63, 3.8) is 0 Å². The highest BCUT2D eigenvalue weighted by atomic mass is 31.1. The molecule has 4 rings (SSSR count). The lowest BCUT2D eigenvalue weighted by molar-refractivity contribution is 0.229. The van der Waals surface area contributed by atoms with Crippen LogP contribution in [0.2, 0.25) is 0 Å². The van der Waals surface area contributed by atoms with E-state index in [0.29, 0.717) is 24.2 Å². The first-order chi connectivity index (χ1) is 15.7. The lowest BCUT2D eigenvalue weighted by Gasteiger charge is -2.03. The lowest BCUT2D eigenvalue weighted by atomic mass is 10.0. The molecule has 0 fully saturated rings. The third-order valence-electron chi connectivity index (χ3n) is 5.05. The number of nitriles is 2. The summed E-state index contributed by atoms with van der Waals surface area (Å²) in [6.45, 7) is 0.464. The molecule has 32 heavy (non-hydrogen) atoms. The highest BCUT2D eigenvalue weighted by molar-refractivity contribution is 7.33. The van der Waals surface area contributed by atoms with Crippen LogP contribution in [0.4, 0.5) is 0 Å². The molecule has 0 N–H and O–H groups in total. The van der Waals surface area contributed by atoms with Crippen LogP contribution in [-0.2, 0) is 26.5 Å². The summed E-state index contributed by atoms with van der Waals surface area (Å²) in [4.78, 5) is 8.16. The number of hydrogen-bond donors (Lipinski definition) is 0. The number of rotatable bonds is 8. The summed E-state index contributed by atoms with van der Waals surface area (Å²) in [6, 6.07) is 19.5. The molecule has 0 atom stereocenters. The molecule has 0 aliphatic heterocycles. The minimum Gasteiger partial charge on any atom is -0.245 e. The van der Waals surface area contributed by atoms with Crippen LogP contribution in [0, 0.1) is 22.7 Å². The van der Waals surface area contributed by atoms with Crippen LogP contribution < -0.4 is 0 Å². The molecule has 0 saturated carbocycles. The second-order valence-electron chi connectivity index (χ2n) is 7.04. The normalized spacial score (nSPS) is 10.7. The van der Waals surface area contributed by atoms with Crippen molar-refractivity contribution in [1.29, 1.82) is 10.5 Å². The van der Waals surface area contributed by atoms with Gasteiger partial charge in [0.2, 0.25) is 0 Å². The first-order valence-corrected chi connectivity index (χ1v) is 11.1. The van der Waals surface area contributed by atoms with Gasteiger partial charge in [0.15, 0.2) is 0 Å². The quantitative estimate of drug-likeness (QED) is 0.354. The van der Waals surface area contributed by atoms with Crippen molar-refractivity contribution < 1.29 is 13.6 Å². The third-order valence-corrected chi connectivity index (χ3v) is 5.83. The molecule has 8 heteroatoms. The van der Waals surface area contributed by atoms with E-state index in [-0.39, 0.29) is 13.2 Å². The number of fused-ring (bicyclic) bond motifs is 2. The molecule has 2 aromatic heterocycles. The van der Waals surface area contributed by atoms with E-state index >= 15 is 0 Å². The first kappa shape index (κ1) is 21.5. The summed E-state index contributed by atoms with van der Waals surface area (Å²) >= 11 is 0. The smallest absolute Gasteiger partial charge is 0.245 e. The average molecular weight is 441 g/mol. The first-order valence-electron chi connectivity index (χ1n) is 9.96. The summed E-state index contributed by atoms with van der Waals surface area (Å²) in [5, 5.41) is 21.9. The molecule has 0 saturated heterocycles. The standard InChI is InChI=1S/C24H18N4O3P/c25-15-23-21-13-17(1-3-19(21)5-9-27-23)7-11-30-32(29)31-12-8-18-2-4-20-6-10-28-24(16-26)22(20)14-18/h1-6,9-10,13-14H,7-8,11-12H2/q+1. The topological polar surface area (TPSA) is 109 Å². The van der Waals surface area contributed by atoms with Crippen molar-refractivity contribution in [1.82, 2.24) is 9.97 Å². The van der Waals surface area contributed by atoms with Gasteiger partial charge in [0.1, 0.15) is 36.7 Å². The van der Waals surface area contributed by atoms with Crippen LogP contribution >= 0.6 is 8.25 Å². The molecule has 0 aliphatic rings. The molecule has 7 nitrogen and oxygen atoms in total. The van der Waals surface area contributed by atoms with Gasteiger partial charge in [0, 0.05) is 40.6 Å². The van der Waals surface area contributed by atoms with E-state index in [1.807, 2.05) is 48.5 Å². The zero-order valence-electron chi connectivity index (χ0n) is 17.1. The molecule has 4 aromatic rings. The molecule has 0 spiro atoms. The summed E-state index contributed by atoms with van der Waals surface area (Å²) in [5.41, 5.74) is 2.68. The maximum Gasteiger partial charge on any atom is 0.697 e. The molecule has 0 bridgehead atoms. The summed E-state index contributed by atoms with van der Waals surface area (Å²) in [6.07, 6.45) is 4.30. The fraction of sp³-hybridized carbons (Fsp3) is 0.167. The van der Waals surface area contributed by atoms with Gasteiger partial charge < -0.3 is 0 Å². The van der Waals surface area contributed by atoms with Gasteiger partial charge in [-0.1, -0.05) is 24.3 Å². The Morgan fingerprint density at radius 3 is 1.66 bits per heavy atom. The molecule has 0 amide bonds. The van der Waals surface area contributed by atoms with Crippen LogP contribution in [0.5, 0.6) is 0 Å². The minimum atomic E-state index is -2.24. The number of hydrogen-bond acceptors (Lipinski definition) is 7. The zero-order valence-corrected chi connectivity index (χ0v) is 18.0. The fourth-order valence-electron chi connectivity index (χ4n) is 3.43. The van der Waals surface area contributed by atoms with E-state index in [1.54, 1.807) is 12.4 Å². The molecule has 2 heterocycles. The van der Waals surface area contributed by atoms with Crippen LogP contribution in [0.3, 0.4) is 0 Å². The van der Waals surface area contributed by atoms with Gasteiger partial charge in [0.25, 0.3) is 0 Å². The summed E-state index contributed by atoms with van der Waals surface area (Å²) < 4.78 is 22.7. The van der Waals surface area contributed by atoms with Gasteiger partial charge in [-0.15, -0.1) is 9.05 Å². The zero-order chi connectivity index (χ0) is 22.3. The maximum atomic E-state index is 12.0. The summed E-state index contributed by atoms with van der Waals surface area (Å²) in [7, 11) is -2.24. The predicted octanol–water partition coefficient (Wildman–Crippen LogP) is 5.00. The molecule has 156 valence electrons. The van der Waals surface area contributed by atoms with E-state index in [4.69, 9.17) is 9.05 Å². The molecule has 0 radical (unpaired) electrons. The predicted molar refractivity (Wildman–Crippen MR) is 120 cm³/mol. The molecule has 0 unspecified atom stereocenters. The van der Waals surface area contributed by atoms with E-state index < -0.39 is 8.25 Å². The number of nitrogens with zero attached hydrogens (tertiary/aromatic N) is 4. The highest BCUT2D eigenvalue weighted by Gasteiger charge is 2.20. The summed E-state index contributed by atoms with van der Waals surface area (Å²) in [5.74, 6) is 0. The van der Waals surface area contributed by atoms with Gasteiger partial charge in [0.05, 0.1) is 0 Å². The van der Waals surface area contributed by atoms with Crippen molar-refractivity contribution >= 4 is 29.8 Å². The average Bonchev–Trinajstić information content (AvgIpc) is 2.83. The lowest BCUT2D eigenvalue weighted by Crippen LogP contribution is -1.98. The van der Waals surface area contributed by atoms with Crippen molar-refractivity contribution in [2.75, 3.05) is 13.2 Å². The third kappa shape index (κ3) is 4.94. The highest BCUT2D eigenvalue weighted by Crippen LogP contribution is 2.26.